The smallest absolute Gasteiger partial charge is 0.425 e. The summed E-state index contributed by atoms with van der Waals surface area (Å²) in [4.78, 5) is 10.9. The highest BCUT2D eigenvalue weighted by molar-refractivity contribution is 6.33. The van der Waals surface area contributed by atoms with Crippen LogP contribution in [0.5, 0.6) is 5.88 Å². The fourth-order valence-electron chi connectivity index (χ4n) is 1.49. The molecule has 0 bridgehead atoms. The standard InChI is InChI=1S/C11H7ClF6N4O/c12-6-7(22-2-1-19-5-22)20-4-21-8(6)23-3-10(14,15)9(13)11(16,17)18/h1-2,4-5,9H,3H2. The minimum absolute atomic E-state index is 0.00472. The molecule has 0 aliphatic carbocycles. The first-order valence-electron chi connectivity index (χ1n) is 5.83. The van der Waals surface area contributed by atoms with E-state index in [0.717, 1.165) is 6.33 Å². The first-order valence-corrected chi connectivity index (χ1v) is 6.21. The van der Waals surface area contributed by atoms with Crippen LogP contribution in [0.3, 0.4) is 0 Å². The van der Waals surface area contributed by atoms with Crippen molar-refractivity contribution in [2.75, 3.05) is 6.61 Å². The average Bonchev–Trinajstić information content (AvgIpc) is 2.98. The summed E-state index contributed by atoms with van der Waals surface area (Å²) in [5.74, 6) is -5.41. The topological polar surface area (TPSA) is 52.8 Å². The molecule has 2 rings (SSSR count). The van der Waals surface area contributed by atoms with E-state index in [1.807, 2.05) is 0 Å². The molecule has 0 saturated carbocycles. The summed E-state index contributed by atoms with van der Waals surface area (Å²) in [6.45, 7) is -1.90. The van der Waals surface area contributed by atoms with Crippen molar-refractivity contribution in [2.45, 2.75) is 18.3 Å². The molecule has 0 fully saturated rings. The lowest BCUT2D eigenvalue weighted by atomic mass is 10.2. The number of halogens is 7. The lowest BCUT2D eigenvalue weighted by molar-refractivity contribution is -0.250. The third-order valence-corrected chi connectivity index (χ3v) is 2.88. The van der Waals surface area contributed by atoms with E-state index in [4.69, 9.17) is 11.6 Å². The molecule has 1 atom stereocenters. The lowest BCUT2D eigenvalue weighted by Gasteiger charge is -2.22. The van der Waals surface area contributed by atoms with E-state index in [0.29, 0.717) is 0 Å². The maximum atomic E-state index is 13.2. The number of aromatic nitrogens is 4. The molecule has 2 aromatic heterocycles. The van der Waals surface area contributed by atoms with Crippen molar-refractivity contribution < 1.29 is 31.1 Å². The molecular weight excluding hydrogens is 354 g/mol. The van der Waals surface area contributed by atoms with Crippen LogP contribution in [0.1, 0.15) is 0 Å². The first kappa shape index (κ1) is 17.3. The Balaban J connectivity index is 2.17. The molecule has 0 aromatic carbocycles. The second-order valence-corrected chi connectivity index (χ2v) is 4.62. The molecule has 0 spiro atoms. The van der Waals surface area contributed by atoms with Crippen molar-refractivity contribution in [1.29, 1.82) is 0 Å². The lowest BCUT2D eigenvalue weighted by Crippen LogP contribution is -2.45. The molecule has 126 valence electrons. The van der Waals surface area contributed by atoms with Gasteiger partial charge in [-0.05, 0) is 0 Å². The van der Waals surface area contributed by atoms with E-state index in [2.05, 4.69) is 19.7 Å². The van der Waals surface area contributed by atoms with Gasteiger partial charge in [0.05, 0.1) is 0 Å². The number of hydrogen-bond acceptors (Lipinski definition) is 4. The zero-order valence-corrected chi connectivity index (χ0v) is 11.7. The Morgan fingerprint density at radius 1 is 1.22 bits per heavy atom. The Hall–Kier alpha value is -2.04. The van der Waals surface area contributed by atoms with E-state index in [-0.39, 0.29) is 10.8 Å². The quantitative estimate of drug-likeness (QED) is 0.768. The van der Waals surface area contributed by atoms with Crippen molar-refractivity contribution in [3.63, 3.8) is 0 Å². The van der Waals surface area contributed by atoms with Gasteiger partial charge in [0.1, 0.15) is 17.7 Å². The Bertz CT molecular complexity index is 663. The zero-order valence-electron chi connectivity index (χ0n) is 10.9. The Morgan fingerprint density at radius 2 is 1.91 bits per heavy atom. The molecule has 0 aliphatic heterocycles. The van der Waals surface area contributed by atoms with Gasteiger partial charge in [0.2, 0.25) is 5.88 Å². The number of rotatable bonds is 5. The Labute approximate surface area is 129 Å². The summed E-state index contributed by atoms with van der Waals surface area (Å²) in [6, 6.07) is 0. The minimum atomic E-state index is -5.72. The second kappa shape index (κ2) is 6.22. The maximum absolute atomic E-state index is 13.2. The van der Waals surface area contributed by atoms with E-state index in [1.165, 1.54) is 23.3 Å². The van der Waals surface area contributed by atoms with Crippen molar-refractivity contribution in [3.8, 4) is 11.7 Å². The van der Waals surface area contributed by atoms with Crippen LogP contribution in [0, 0.1) is 0 Å². The zero-order chi connectivity index (χ0) is 17.3. The summed E-state index contributed by atoms with van der Waals surface area (Å²) >= 11 is 5.84. The van der Waals surface area contributed by atoms with Gasteiger partial charge in [0.25, 0.3) is 6.17 Å². The van der Waals surface area contributed by atoms with E-state index >= 15 is 0 Å². The molecule has 0 amide bonds. The predicted molar refractivity (Wildman–Crippen MR) is 65.6 cm³/mol. The Kier molecular flexibility index (Phi) is 4.68. The van der Waals surface area contributed by atoms with Gasteiger partial charge in [0.15, 0.2) is 12.4 Å². The van der Waals surface area contributed by atoms with Crippen LogP contribution < -0.4 is 4.74 Å². The van der Waals surface area contributed by atoms with Gasteiger partial charge in [-0.3, -0.25) is 4.57 Å². The highest BCUT2D eigenvalue weighted by Gasteiger charge is 2.57. The molecular formula is C11H7ClF6N4O. The summed E-state index contributed by atoms with van der Waals surface area (Å²) in [6.07, 6.45) is -5.11. The molecule has 5 nitrogen and oxygen atoms in total. The number of hydrogen-bond donors (Lipinski definition) is 0. The second-order valence-electron chi connectivity index (χ2n) is 4.24. The third kappa shape index (κ3) is 3.84. The van der Waals surface area contributed by atoms with Crippen LogP contribution >= 0.6 is 11.6 Å². The van der Waals surface area contributed by atoms with Crippen molar-refractivity contribution in [3.05, 3.63) is 30.1 Å². The van der Waals surface area contributed by atoms with Gasteiger partial charge in [-0.15, -0.1) is 0 Å². The SMILES string of the molecule is FC(C(F)(F)F)C(F)(F)COc1ncnc(-n2ccnc2)c1Cl. The molecule has 0 aliphatic rings. The molecule has 1 unspecified atom stereocenters. The summed E-state index contributed by atoms with van der Waals surface area (Å²) < 4.78 is 81.0. The highest BCUT2D eigenvalue weighted by atomic mass is 35.5. The fourth-order valence-corrected chi connectivity index (χ4v) is 1.74. The van der Waals surface area contributed by atoms with Gasteiger partial charge in [-0.25, -0.2) is 19.3 Å². The molecule has 23 heavy (non-hydrogen) atoms. The van der Waals surface area contributed by atoms with Crippen LogP contribution in [0.2, 0.25) is 5.02 Å². The molecule has 0 radical (unpaired) electrons. The van der Waals surface area contributed by atoms with Gasteiger partial charge < -0.3 is 4.74 Å². The van der Waals surface area contributed by atoms with E-state index in [9.17, 15) is 26.3 Å². The van der Waals surface area contributed by atoms with Crippen molar-refractivity contribution >= 4 is 11.6 Å². The largest absolute Gasteiger partial charge is 0.470 e. The fraction of sp³-hybridized carbons (Fsp3) is 0.364. The van der Waals surface area contributed by atoms with E-state index < -0.39 is 30.8 Å². The highest BCUT2D eigenvalue weighted by Crippen LogP contribution is 2.36. The summed E-state index contributed by atoms with van der Waals surface area (Å²) in [5.41, 5.74) is 0. The van der Waals surface area contributed by atoms with Gasteiger partial charge >= 0.3 is 12.1 Å². The van der Waals surface area contributed by atoms with Crippen molar-refractivity contribution in [1.82, 2.24) is 19.5 Å². The van der Waals surface area contributed by atoms with Crippen molar-refractivity contribution in [2.24, 2.45) is 0 Å². The minimum Gasteiger partial charge on any atom is -0.470 e. The summed E-state index contributed by atoms with van der Waals surface area (Å²) in [5, 5.41) is -0.344. The average molecular weight is 361 g/mol. The number of alkyl halides is 6. The molecule has 0 N–H and O–H groups in total. The van der Waals surface area contributed by atoms with Crippen LogP contribution in [0.4, 0.5) is 26.3 Å². The van der Waals surface area contributed by atoms with Gasteiger partial charge in [-0.1, -0.05) is 11.6 Å². The van der Waals surface area contributed by atoms with Crippen LogP contribution in [0.15, 0.2) is 25.0 Å². The van der Waals surface area contributed by atoms with E-state index in [1.54, 1.807) is 0 Å². The Morgan fingerprint density at radius 3 is 2.48 bits per heavy atom. The number of nitrogens with zero attached hydrogens (tertiary/aromatic N) is 4. The van der Waals surface area contributed by atoms with Crippen LogP contribution in [-0.2, 0) is 0 Å². The molecule has 12 heteroatoms. The number of ether oxygens (including phenoxy) is 1. The third-order valence-electron chi connectivity index (χ3n) is 2.55. The van der Waals surface area contributed by atoms with Crippen LogP contribution in [-0.4, -0.2) is 44.4 Å². The first-order chi connectivity index (χ1) is 10.6. The summed E-state index contributed by atoms with van der Waals surface area (Å²) in [7, 11) is 0. The predicted octanol–water partition coefficient (Wildman–Crippen LogP) is 3.23. The van der Waals surface area contributed by atoms with Gasteiger partial charge in [-0.2, -0.15) is 22.0 Å². The molecule has 2 aromatic rings. The maximum Gasteiger partial charge on any atom is 0.425 e. The monoisotopic (exact) mass is 360 g/mol. The molecule has 0 saturated heterocycles. The van der Waals surface area contributed by atoms with Crippen LogP contribution in [0.25, 0.3) is 5.82 Å². The van der Waals surface area contributed by atoms with Gasteiger partial charge in [0, 0.05) is 12.4 Å². The number of imidazole rings is 1. The normalized spacial score (nSPS) is 13.9. The molecule has 2 heterocycles.